The number of benzene rings is 1. The van der Waals surface area contributed by atoms with E-state index in [0.717, 1.165) is 38.8 Å². The summed E-state index contributed by atoms with van der Waals surface area (Å²) in [5.74, 6) is 0.623. The highest BCUT2D eigenvalue weighted by Crippen LogP contribution is 2.40. The summed E-state index contributed by atoms with van der Waals surface area (Å²) in [6.07, 6.45) is 4.32. The van der Waals surface area contributed by atoms with Crippen LogP contribution in [-0.2, 0) is 11.2 Å². The van der Waals surface area contributed by atoms with Gasteiger partial charge in [0.1, 0.15) is 0 Å². The number of piperidine rings is 2. The number of amides is 1. The Kier molecular flexibility index (Phi) is 2.62. The second-order valence-corrected chi connectivity index (χ2v) is 6.04. The minimum absolute atomic E-state index is 0.232. The second-order valence-electron chi connectivity index (χ2n) is 6.04. The maximum atomic E-state index is 12.7. The van der Waals surface area contributed by atoms with Crippen molar-refractivity contribution in [1.82, 2.24) is 10.2 Å². The van der Waals surface area contributed by atoms with Crippen molar-refractivity contribution in [1.29, 1.82) is 0 Å². The third-order valence-electron chi connectivity index (χ3n) is 5.07. The zero-order chi connectivity index (χ0) is 12.8. The number of nitrogens with zero attached hydrogens (tertiary/aromatic N) is 1. The molecule has 0 spiro atoms. The van der Waals surface area contributed by atoms with Crippen molar-refractivity contribution in [3.8, 4) is 0 Å². The molecule has 1 amide bonds. The number of fused-ring (bicyclic) bond motifs is 4. The van der Waals surface area contributed by atoms with Crippen LogP contribution in [0.2, 0.25) is 0 Å². The van der Waals surface area contributed by atoms with Crippen molar-refractivity contribution >= 4 is 5.91 Å². The molecule has 0 bridgehead atoms. The fourth-order valence-electron chi connectivity index (χ4n) is 4.12. The van der Waals surface area contributed by atoms with E-state index in [1.165, 1.54) is 11.1 Å². The first-order valence-electron chi connectivity index (χ1n) is 7.46. The molecular formula is C16H20N2O. The van der Waals surface area contributed by atoms with E-state index in [2.05, 4.69) is 34.5 Å². The van der Waals surface area contributed by atoms with E-state index < -0.39 is 0 Å². The molecule has 0 unspecified atom stereocenters. The largest absolute Gasteiger partial charge is 0.335 e. The summed E-state index contributed by atoms with van der Waals surface area (Å²) in [5.41, 5.74) is 2.82. The first-order chi connectivity index (χ1) is 9.34. The van der Waals surface area contributed by atoms with E-state index >= 15 is 0 Å². The van der Waals surface area contributed by atoms with Gasteiger partial charge in [0.25, 0.3) is 0 Å². The SMILES string of the molecule is O=C1[C@@H]2CCCN[C@H]2C[C@H]2c3ccccc3CCN12. The lowest BCUT2D eigenvalue weighted by Gasteiger charge is -2.48. The summed E-state index contributed by atoms with van der Waals surface area (Å²) in [4.78, 5) is 14.8. The van der Waals surface area contributed by atoms with Crippen LogP contribution in [0.1, 0.15) is 36.4 Å². The van der Waals surface area contributed by atoms with Gasteiger partial charge in [-0.1, -0.05) is 24.3 Å². The van der Waals surface area contributed by atoms with Gasteiger partial charge in [0, 0.05) is 12.6 Å². The average Bonchev–Trinajstić information content (AvgIpc) is 2.47. The van der Waals surface area contributed by atoms with Gasteiger partial charge >= 0.3 is 0 Å². The Hall–Kier alpha value is -1.35. The molecule has 19 heavy (non-hydrogen) atoms. The molecule has 3 aliphatic rings. The zero-order valence-electron chi connectivity index (χ0n) is 11.1. The minimum Gasteiger partial charge on any atom is -0.335 e. The van der Waals surface area contributed by atoms with Gasteiger partial charge in [-0.05, 0) is 43.4 Å². The molecule has 2 fully saturated rings. The van der Waals surface area contributed by atoms with Gasteiger partial charge in [-0.3, -0.25) is 4.79 Å². The predicted molar refractivity (Wildman–Crippen MR) is 73.7 cm³/mol. The molecule has 100 valence electrons. The van der Waals surface area contributed by atoms with Crippen LogP contribution < -0.4 is 5.32 Å². The quantitative estimate of drug-likeness (QED) is 0.768. The van der Waals surface area contributed by atoms with Gasteiger partial charge in [0.2, 0.25) is 5.91 Å². The number of hydrogen-bond donors (Lipinski definition) is 1. The molecule has 3 heteroatoms. The third kappa shape index (κ3) is 1.71. The van der Waals surface area contributed by atoms with Gasteiger partial charge in [-0.25, -0.2) is 0 Å². The lowest BCUT2D eigenvalue weighted by Crippen LogP contribution is -2.57. The van der Waals surface area contributed by atoms with Crippen molar-refractivity contribution in [3.05, 3.63) is 35.4 Å². The summed E-state index contributed by atoms with van der Waals surface area (Å²) in [5, 5.41) is 3.57. The van der Waals surface area contributed by atoms with E-state index in [4.69, 9.17) is 0 Å². The molecule has 4 rings (SSSR count). The molecule has 1 aromatic carbocycles. The van der Waals surface area contributed by atoms with Crippen LogP contribution in [-0.4, -0.2) is 29.9 Å². The smallest absolute Gasteiger partial charge is 0.227 e. The summed E-state index contributed by atoms with van der Waals surface area (Å²) in [6, 6.07) is 9.35. The van der Waals surface area contributed by atoms with Crippen molar-refractivity contribution in [2.45, 2.75) is 37.8 Å². The van der Waals surface area contributed by atoms with Crippen molar-refractivity contribution < 1.29 is 4.79 Å². The first kappa shape index (κ1) is 11.5. The molecular weight excluding hydrogens is 236 g/mol. The summed E-state index contributed by atoms with van der Waals surface area (Å²) in [7, 11) is 0. The fraction of sp³-hybridized carbons (Fsp3) is 0.562. The normalized spacial score (nSPS) is 33.4. The Bertz CT molecular complexity index is 513. The van der Waals surface area contributed by atoms with Crippen LogP contribution >= 0.6 is 0 Å². The molecule has 3 nitrogen and oxygen atoms in total. The highest BCUT2D eigenvalue weighted by atomic mass is 16.2. The fourth-order valence-corrected chi connectivity index (χ4v) is 4.12. The molecule has 3 atom stereocenters. The lowest BCUT2D eigenvalue weighted by molar-refractivity contribution is -0.145. The number of rotatable bonds is 0. The Morgan fingerprint density at radius 3 is 3.11 bits per heavy atom. The Morgan fingerprint density at radius 2 is 2.16 bits per heavy atom. The summed E-state index contributed by atoms with van der Waals surface area (Å²) in [6.45, 7) is 1.98. The van der Waals surface area contributed by atoms with Crippen LogP contribution in [0.25, 0.3) is 0 Å². The van der Waals surface area contributed by atoms with Gasteiger partial charge in [0.05, 0.1) is 12.0 Å². The Balaban J connectivity index is 1.71. The molecule has 2 saturated heterocycles. The van der Waals surface area contributed by atoms with Crippen molar-refractivity contribution in [2.24, 2.45) is 5.92 Å². The molecule has 0 radical (unpaired) electrons. The van der Waals surface area contributed by atoms with Gasteiger partial charge in [-0.15, -0.1) is 0 Å². The summed E-state index contributed by atoms with van der Waals surface area (Å²) < 4.78 is 0. The van der Waals surface area contributed by atoms with Crippen molar-refractivity contribution in [2.75, 3.05) is 13.1 Å². The average molecular weight is 256 g/mol. The number of hydrogen-bond acceptors (Lipinski definition) is 2. The molecule has 1 aromatic rings. The maximum Gasteiger partial charge on any atom is 0.227 e. The van der Waals surface area contributed by atoms with Crippen LogP contribution in [0.15, 0.2) is 24.3 Å². The monoisotopic (exact) mass is 256 g/mol. The van der Waals surface area contributed by atoms with Gasteiger partial charge in [0.15, 0.2) is 0 Å². The zero-order valence-corrected chi connectivity index (χ0v) is 11.1. The predicted octanol–water partition coefficient (Wildman–Crippen LogP) is 1.88. The standard InChI is InChI=1S/C16H20N2O/c19-16-13-6-3-8-17-14(13)10-15-12-5-2-1-4-11(12)7-9-18(15)16/h1-2,4-5,13-15,17H,3,6-10H2/t13-,14+,15+/m1/s1. The van der Waals surface area contributed by atoms with E-state index in [9.17, 15) is 4.79 Å². The van der Waals surface area contributed by atoms with Gasteiger partial charge < -0.3 is 10.2 Å². The van der Waals surface area contributed by atoms with Crippen LogP contribution in [0.3, 0.4) is 0 Å². The molecule has 0 aromatic heterocycles. The van der Waals surface area contributed by atoms with Crippen LogP contribution in [0.5, 0.6) is 0 Å². The van der Waals surface area contributed by atoms with E-state index in [0.29, 0.717) is 18.0 Å². The molecule has 0 saturated carbocycles. The Morgan fingerprint density at radius 1 is 1.26 bits per heavy atom. The molecule has 3 heterocycles. The molecule has 0 aliphatic carbocycles. The van der Waals surface area contributed by atoms with E-state index in [1.54, 1.807) is 0 Å². The second kappa shape index (κ2) is 4.34. The maximum absolute atomic E-state index is 12.7. The third-order valence-corrected chi connectivity index (χ3v) is 5.07. The lowest BCUT2D eigenvalue weighted by atomic mass is 9.77. The number of nitrogens with one attached hydrogen (secondary N) is 1. The topological polar surface area (TPSA) is 32.3 Å². The van der Waals surface area contributed by atoms with E-state index in [-0.39, 0.29) is 5.92 Å². The highest BCUT2D eigenvalue weighted by Gasteiger charge is 2.44. The van der Waals surface area contributed by atoms with Gasteiger partial charge in [-0.2, -0.15) is 0 Å². The van der Waals surface area contributed by atoms with Crippen LogP contribution in [0.4, 0.5) is 0 Å². The van der Waals surface area contributed by atoms with Crippen LogP contribution in [0, 0.1) is 5.92 Å². The van der Waals surface area contributed by atoms with E-state index in [1.807, 2.05) is 0 Å². The minimum atomic E-state index is 0.232. The number of carbonyl (C=O) groups excluding carboxylic acids is 1. The Labute approximate surface area is 114 Å². The highest BCUT2D eigenvalue weighted by molar-refractivity contribution is 5.81. The number of carbonyl (C=O) groups is 1. The summed E-state index contributed by atoms with van der Waals surface area (Å²) >= 11 is 0. The first-order valence-corrected chi connectivity index (χ1v) is 7.46. The molecule has 3 aliphatic heterocycles. The molecule has 1 N–H and O–H groups in total. The van der Waals surface area contributed by atoms with Crippen molar-refractivity contribution in [3.63, 3.8) is 0 Å².